The molecule has 0 atom stereocenters. The molecule has 0 aliphatic rings. The second-order valence-corrected chi connectivity index (χ2v) is 8.26. The van der Waals surface area contributed by atoms with E-state index in [2.05, 4.69) is 31.5 Å². The van der Waals surface area contributed by atoms with E-state index in [1.165, 1.54) is 11.3 Å². The fraction of sp³-hybridized carbons (Fsp3) is 0. The molecule has 7 heteroatoms. The number of rotatable bonds is 5. The van der Waals surface area contributed by atoms with E-state index in [4.69, 9.17) is 0 Å². The zero-order chi connectivity index (χ0) is 20.9. The summed E-state index contributed by atoms with van der Waals surface area (Å²) in [6.07, 6.45) is 0. The Balaban J connectivity index is 1.63. The zero-order valence-corrected chi connectivity index (χ0v) is 18.0. The Labute approximate surface area is 185 Å². The van der Waals surface area contributed by atoms with Crippen LogP contribution in [0.25, 0.3) is 11.3 Å². The van der Waals surface area contributed by atoms with Crippen LogP contribution in [-0.2, 0) is 0 Å². The van der Waals surface area contributed by atoms with Crippen LogP contribution >= 0.6 is 27.3 Å². The predicted molar refractivity (Wildman–Crippen MR) is 124 cm³/mol. The van der Waals surface area contributed by atoms with Crippen molar-refractivity contribution in [3.63, 3.8) is 0 Å². The maximum atomic E-state index is 12.7. The Kier molecular flexibility index (Phi) is 6.02. The third-order valence-electron chi connectivity index (χ3n) is 4.26. The van der Waals surface area contributed by atoms with E-state index in [0.29, 0.717) is 27.0 Å². The number of nitrogens with one attached hydrogen (secondary N) is 2. The first kappa shape index (κ1) is 20.0. The molecule has 0 aliphatic heterocycles. The van der Waals surface area contributed by atoms with E-state index in [0.717, 1.165) is 10.0 Å². The molecular weight excluding hydrogens is 462 g/mol. The Morgan fingerprint density at radius 2 is 1.30 bits per heavy atom. The van der Waals surface area contributed by atoms with Gasteiger partial charge in [0.1, 0.15) is 10.7 Å². The number of halogens is 1. The third-order valence-corrected chi connectivity index (χ3v) is 5.68. The number of anilines is 2. The van der Waals surface area contributed by atoms with Crippen LogP contribution < -0.4 is 10.6 Å². The Bertz CT molecular complexity index is 1180. The molecule has 0 saturated heterocycles. The molecule has 30 heavy (non-hydrogen) atoms. The number of amides is 2. The minimum absolute atomic E-state index is 0.234. The predicted octanol–water partition coefficient (Wildman–Crippen LogP) is 6.08. The van der Waals surface area contributed by atoms with Crippen molar-refractivity contribution in [1.29, 1.82) is 0 Å². The number of benzene rings is 3. The lowest BCUT2D eigenvalue weighted by Gasteiger charge is -2.05. The fourth-order valence-corrected chi connectivity index (χ4v) is 3.93. The quantitative estimate of drug-likeness (QED) is 0.365. The van der Waals surface area contributed by atoms with Gasteiger partial charge in [0.2, 0.25) is 0 Å². The van der Waals surface area contributed by atoms with Crippen molar-refractivity contribution in [2.24, 2.45) is 0 Å². The van der Waals surface area contributed by atoms with Gasteiger partial charge in [0.05, 0.1) is 0 Å². The first-order valence-corrected chi connectivity index (χ1v) is 10.7. The summed E-state index contributed by atoms with van der Waals surface area (Å²) in [5.41, 5.74) is 2.52. The average Bonchev–Trinajstić information content (AvgIpc) is 3.17. The molecule has 2 N–H and O–H groups in total. The largest absolute Gasteiger partial charge is 0.312 e. The van der Waals surface area contributed by atoms with Crippen LogP contribution in [-0.4, -0.2) is 16.8 Å². The maximum absolute atomic E-state index is 12.7. The molecule has 0 fully saturated rings. The first-order valence-electron chi connectivity index (χ1n) is 9.10. The van der Waals surface area contributed by atoms with Gasteiger partial charge >= 0.3 is 0 Å². The SMILES string of the molecule is O=C(Nc1nc(-c2ccccc2)c(NC(=O)c2ccccc2)s1)c1ccc(Br)cc1. The minimum atomic E-state index is -0.267. The summed E-state index contributed by atoms with van der Waals surface area (Å²) >= 11 is 4.58. The summed E-state index contributed by atoms with van der Waals surface area (Å²) in [6, 6.07) is 25.6. The highest BCUT2D eigenvalue weighted by Crippen LogP contribution is 2.36. The van der Waals surface area contributed by atoms with E-state index < -0.39 is 0 Å². The monoisotopic (exact) mass is 477 g/mol. The summed E-state index contributed by atoms with van der Waals surface area (Å²) in [5, 5.41) is 6.73. The third kappa shape index (κ3) is 4.64. The molecule has 1 heterocycles. The summed E-state index contributed by atoms with van der Waals surface area (Å²) < 4.78 is 0.894. The Morgan fingerprint density at radius 3 is 1.97 bits per heavy atom. The second kappa shape index (κ2) is 9.02. The van der Waals surface area contributed by atoms with E-state index in [1.54, 1.807) is 36.4 Å². The molecule has 0 aliphatic carbocycles. The van der Waals surface area contributed by atoms with Gasteiger partial charge in [0, 0.05) is 21.2 Å². The van der Waals surface area contributed by atoms with Crippen LogP contribution in [0, 0.1) is 0 Å². The van der Waals surface area contributed by atoms with E-state index in [-0.39, 0.29) is 11.8 Å². The van der Waals surface area contributed by atoms with Crippen molar-refractivity contribution in [1.82, 2.24) is 4.98 Å². The van der Waals surface area contributed by atoms with Gasteiger partial charge in [0.15, 0.2) is 5.13 Å². The molecule has 0 radical (unpaired) electrons. The van der Waals surface area contributed by atoms with Gasteiger partial charge in [-0.05, 0) is 36.4 Å². The molecule has 4 rings (SSSR count). The van der Waals surface area contributed by atoms with E-state index in [9.17, 15) is 9.59 Å². The van der Waals surface area contributed by atoms with Crippen LogP contribution in [0.4, 0.5) is 10.1 Å². The fourth-order valence-electron chi connectivity index (χ4n) is 2.79. The highest BCUT2D eigenvalue weighted by Gasteiger charge is 2.18. The molecule has 148 valence electrons. The first-order chi connectivity index (χ1) is 14.6. The maximum Gasteiger partial charge on any atom is 0.257 e. The van der Waals surface area contributed by atoms with Crippen molar-refractivity contribution in [2.45, 2.75) is 0 Å². The summed E-state index contributed by atoms with van der Waals surface area (Å²) in [7, 11) is 0. The number of aromatic nitrogens is 1. The zero-order valence-electron chi connectivity index (χ0n) is 15.6. The topological polar surface area (TPSA) is 71.1 Å². The highest BCUT2D eigenvalue weighted by molar-refractivity contribution is 9.10. The van der Waals surface area contributed by atoms with Crippen LogP contribution in [0.1, 0.15) is 20.7 Å². The molecule has 0 spiro atoms. The van der Waals surface area contributed by atoms with Crippen molar-refractivity contribution >= 4 is 49.2 Å². The van der Waals surface area contributed by atoms with Gasteiger partial charge in [-0.2, -0.15) is 0 Å². The lowest BCUT2D eigenvalue weighted by molar-refractivity contribution is 0.101. The number of thiazole rings is 1. The second-order valence-electron chi connectivity index (χ2n) is 6.34. The van der Waals surface area contributed by atoms with Gasteiger partial charge in [-0.25, -0.2) is 4.98 Å². The summed E-state index contributed by atoms with van der Waals surface area (Å²) in [4.78, 5) is 29.8. The van der Waals surface area contributed by atoms with Crippen molar-refractivity contribution in [3.8, 4) is 11.3 Å². The lowest BCUT2D eigenvalue weighted by Crippen LogP contribution is -2.11. The molecule has 0 saturated carbocycles. The van der Waals surface area contributed by atoms with E-state index >= 15 is 0 Å². The summed E-state index contributed by atoms with van der Waals surface area (Å²) in [5.74, 6) is -0.501. The van der Waals surface area contributed by atoms with Gasteiger partial charge in [0.25, 0.3) is 11.8 Å². The van der Waals surface area contributed by atoms with Gasteiger partial charge < -0.3 is 5.32 Å². The van der Waals surface area contributed by atoms with Crippen molar-refractivity contribution < 1.29 is 9.59 Å². The molecule has 3 aromatic carbocycles. The Morgan fingerprint density at radius 1 is 0.733 bits per heavy atom. The summed E-state index contributed by atoms with van der Waals surface area (Å²) in [6.45, 7) is 0. The van der Waals surface area contributed by atoms with Gasteiger partial charge in [-0.3, -0.25) is 14.9 Å². The molecule has 5 nitrogen and oxygen atoms in total. The van der Waals surface area contributed by atoms with Crippen molar-refractivity contribution in [2.75, 3.05) is 10.6 Å². The standard InChI is InChI=1S/C23H16BrN3O2S/c24-18-13-11-17(12-14-18)21(29)27-23-25-19(15-7-3-1-4-8-15)22(30-23)26-20(28)16-9-5-2-6-10-16/h1-14H,(H,26,28)(H,25,27,29). The van der Waals surface area contributed by atoms with E-state index in [1.807, 2.05) is 48.5 Å². The molecule has 0 unspecified atom stereocenters. The normalized spacial score (nSPS) is 10.4. The van der Waals surface area contributed by atoms with Gasteiger partial charge in [-0.15, -0.1) is 0 Å². The van der Waals surface area contributed by atoms with Gasteiger partial charge in [-0.1, -0.05) is 75.8 Å². The van der Waals surface area contributed by atoms with Crippen LogP contribution in [0.2, 0.25) is 0 Å². The number of carbonyl (C=O) groups excluding carboxylic acids is 2. The highest BCUT2D eigenvalue weighted by atomic mass is 79.9. The average molecular weight is 478 g/mol. The number of hydrogen-bond acceptors (Lipinski definition) is 4. The lowest BCUT2D eigenvalue weighted by atomic mass is 10.1. The van der Waals surface area contributed by atoms with Crippen LogP contribution in [0.5, 0.6) is 0 Å². The van der Waals surface area contributed by atoms with Crippen LogP contribution in [0.15, 0.2) is 89.4 Å². The number of nitrogens with zero attached hydrogens (tertiary/aromatic N) is 1. The Hall–Kier alpha value is -3.29. The molecule has 1 aromatic heterocycles. The minimum Gasteiger partial charge on any atom is -0.312 e. The van der Waals surface area contributed by atoms with Crippen LogP contribution in [0.3, 0.4) is 0 Å². The van der Waals surface area contributed by atoms with Crippen molar-refractivity contribution in [3.05, 3.63) is 101 Å². The smallest absolute Gasteiger partial charge is 0.257 e. The molecule has 4 aromatic rings. The number of hydrogen-bond donors (Lipinski definition) is 2. The molecular formula is C23H16BrN3O2S. The number of carbonyl (C=O) groups is 2. The molecule has 0 bridgehead atoms. The molecule has 2 amide bonds.